The number of halogens is 2. The molecule has 0 spiro atoms. The summed E-state index contributed by atoms with van der Waals surface area (Å²) in [5.74, 6) is -2.39. The predicted octanol–water partition coefficient (Wildman–Crippen LogP) is 3.07. The van der Waals surface area contributed by atoms with Crippen molar-refractivity contribution >= 4 is 35.1 Å². The number of benzene rings is 1. The number of hydrogen-bond acceptors (Lipinski definition) is 5. The molecule has 0 radical (unpaired) electrons. The number of carboxylic acids is 1. The molecular formula is C18H19Cl2NO5. The van der Waals surface area contributed by atoms with Crippen LogP contribution in [-0.2, 0) is 19.1 Å². The van der Waals surface area contributed by atoms with Gasteiger partial charge in [0.1, 0.15) is 0 Å². The Morgan fingerprint density at radius 3 is 2.54 bits per heavy atom. The first-order valence-corrected chi connectivity index (χ1v) is 8.74. The van der Waals surface area contributed by atoms with Crippen molar-refractivity contribution in [3.05, 3.63) is 57.4 Å². The molecule has 1 aromatic carbocycles. The number of alkyl halides is 1. The molecule has 8 heteroatoms. The van der Waals surface area contributed by atoms with Gasteiger partial charge >= 0.3 is 11.9 Å². The number of carbonyl (C=O) groups excluding carboxylic acids is 1. The van der Waals surface area contributed by atoms with Crippen molar-refractivity contribution in [2.24, 2.45) is 0 Å². The minimum absolute atomic E-state index is 0.0274. The average molecular weight is 400 g/mol. The van der Waals surface area contributed by atoms with Gasteiger partial charge in [0.2, 0.25) is 0 Å². The third kappa shape index (κ3) is 4.20. The van der Waals surface area contributed by atoms with E-state index in [0.717, 1.165) is 0 Å². The Kier molecular flexibility index (Phi) is 7.08. The maximum atomic E-state index is 12.5. The molecule has 0 fully saturated rings. The van der Waals surface area contributed by atoms with Gasteiger partial charge in [-0.1, -0.05) is 29.8 Å². The van der Waals surface area contributed by atoms with Crippen LogP contribution >= 0.6 is 23.2 Å². The van der Waals surface area contributed by atoms with E-state index in [1.165, 1.54) is 7.11 Å². The molecule has 140 valence electrons. The van der Waals surface area contributed by atoms with Gasteiger partial charge in [0.15, 0.2) is 0 Å². The van der Waals surface area contributed by atoms with Gasteiger partial charge in [0.25, 0.3) is 0 Å². The Morgan fingerprint density at radius 2 is 1.96 bits per heavy atom. The van der Waals surface area contributed by atoms with Crippen molar-refractivity contribution in [1.82, 2.24) is 5.32 Å². The van der Waals surface area contributed by atoms with Crippen LogP contribution < -0.4 is 5.32 Å². The lowest BCUT2D eigenvalue weighted by Gasteiger charge is -2.31. The van der Waals surface area contributed by atoms with E-state index in [1.807, 2.05) is 0 Å². The highest BCUT2D eigenvalue weighted by Crippen LogP contribution is 2.41. The molecule has 0 saturated carbocycles. The van der Waals surface area contributed by atoms with Crippen LogP contribution in [0.2, 0.25) is 5.02 Å². The van der Waals surface area contributed by atoms with Gasteiger partial charge < -0.3 is 19.9 Å². The molecule has 1 unspecified atom stereocenters. The molecule has 0 aromatic heterocycles. The highest BCUT2D eigenvalue weighted by atomic mass is 35.5. The number of esters is 1. The van der Waals surface area contributed by atoms with Gasteiger partial charge in [0.05, 0.1) is 43.1 Å². The third-order valence-electron chi connectivity index (χ3n) is 3.96. The van der Waals surface area contributed by atoms with E-state index in [9.17, 15) is 14.7 Å². The molecule has 0 amide bonds. The maximum absolute atomic E-state index is 12.5. The average Bonchev–Trinajstić information content (AvgIpc) is 2.61. The summed E-state index contributed by atoms with van der Waals surface area (Å²) in [5, 5.41) is 13.1. The lowest BCUT2D eigenvalue weighted by atomic mass is 9.80. The number of rotatable bonds is 7. The highest BCUT2D eigenvalue weighted by Gasteiger charge is 2.38. The van der Waals surface area contributed by atoms with Gasteiger partial charge in [-0.05, 0) is 18.6 Å². The Morgan fingerprint density at radius 1 is 1.27 bits per heavy atom. The van der Waals surface area contributed by atoms with Gasteiger partial charge in [-0.15, -0.1) is 11.6 Å². The lowest BCUT2D eigenvalue weighted by molar-refractivity contribution is -0.136. The van der Waals surface area contributed by atoms with E-state index in [0.29, 0.717) is 27.9 Å². The van der Waals surface area contributed by atoms with Crippen LogP contribution in [-0.4, -0.2) is 43.2 Å². The summed E-state index contributed by atoms with van der Waals surface area (Å²) in [5.41, 5.74) is 1.51. The predicted molar refractivity (Wildman–Crippen MR) is 98.2 cm³/mol. The molecule has 1 aliphatic heterocycles. The summed E-state index contributed by atoms with van der Waals surface area (Å²) in [7, 11) is 1.24. The van der Waals surface area contributed by atoms with E-state index in [-0.39, 0.29) is 24.4 Å². The number of carboxylic acid groups (broad SMARTS) is 1. The quantitative estimate of drug-likeness (QED) is 0.416. The van der Waals surface area contributed by atoms with Gasteiger partial charge in [0, 0.05) is 16.6 Å². The zero-order chi connectivity index (χ0) is 19.3. The van der Waals surface area contributed by atoms with Crippen molar-refractivity contribution in [3.8, 4) is 0 Å². The van der Waals surface area contributed by atoms with E-state index in [2.05, 4.69) is 5.32 Å². The number of carbonyl (C=O) groups is 2. The summed E-state index contributed by atoms with van der Waals surface area (Å²) in [6.45, 7) is 1.97. The number of allylic oxidation sites excluding steroid dienone is 1. The van der Waals surface area contributed by atoms with Crippen molar-refractivity contribution in [2.75, 3.05) is 26.2 Å². The van der Waals surface area contributed by atoms with Gasteiger partial charge in [-0.25, -0.2) is 9.59 Å². The smallest absolute Gasteiger partial charge is 0.336 e. The second-order valence-corrected chi connectivity index (χ2v) is 6.33. The molecule has 1 aliphatic rings. The van der Waals surface area contributed by atoms with Crippen LogP contribution in [0.4, 0.5) is 0 Å². The van der Waals surface area contributed by atoms with E-state index in [1.54, 1.807) is 31.2 Å². The summed E-state index contributed by atoms with van der Waals surface area (Å²) >= 11 is 11.9. The number of ether oxygens (including phenoxy) is 2. The van der Waals surface area contributed by atoms with Crippen LogP contribution in [0.15, 0.2) is 46.8 Å². The summed E-state index contributed by atoms with van der Waals surface area (Å²) in [6.07, 6.45) is 0. The van der Waals surface area contributed by atoms with Crippen molar-refractivity contribution in [1.29, 1.82) is 0 Å². The molecule has 2 rings (SSSR count). The summed E-state index contributed by atoms with van der Waals surface area (Å²) in [4.78, 5) is 24.4. The van der Waals surface area contributed by atoms with E-state index < -0.39 is 17.9 Å². The maximum Gasteiger partial charge on any atom is 0.336 e. The third-order valence-corrected chi connectivity index (χ3v) is 4.46. The molecule has 0 saturated heterocycles. The number of dihydropyridines is 1. The minimum Gasteiger partial charge on any atom is -0.478 e. The van der Waals surface area contributed by atoms with Crippen molar-refractivity contribution in [2.45, 2.75) is 12.8 Å². The van der Waals surface area contributed by atoms with Crippen molar-refractivity contribution in [3.63, 3.8) is 0 Å². The van der Waals surface area contributed by atoms with Crippen LogP contribution in [0.1, 0.15) is 18.4 Å². The first-order valence-electron chi connectivity index (χ1n) is 7.82. The summed E-state index contributed by atoms with van der Waals surface area (Å²) in [6, 6.07) is 6.80. The van der Waals surface area contributed by atoms with Crippen LogP contribution in [0.5, 0.6) is 0 Å². The lowest BCUT2D eigenvalue weighted by Crippen LogP contribution is -2.34. The first kappa shape index (κ1) is 20.3. The summed E-state index contributed by atoms with van der Waals surface area (Å²) < 4.78 is 10.3. The topological polar surface area (TPSA) is 84.9 Å². The normalized spacial score (nSPS) is 17.2. The standard InChI is InChI=1S/C18H19Cl2NO5/c1-10-14(17(22)23)15(11-5-3-4-6-12(11)20)16(18(24)25-2)13(21-10)9-26-8-7-19/h3-6,15,21H,7-9H2,1-2H3,(H,22,23). The van der Waals surface area contributed by atoms with Crippen LogP contribution in [0, 0.1) is 0 Å². The van der Waals surface area contributed by atoms with Gasteiger partial charge in [-0.2, -0.15) is 0 Å². The number of methoxy groups -OCH3 is 1. The fraction of sp³-hybridized carbons (Fsp3) is 0.333. The molecule has 2 N–H and O–H groups in total. The molecule has 26 heavy (non-hydrogen) atoms. The molecule has 1 heterocycles. The largest absolute Gasteiger partial charge is 0.478 e. The number of aliphatic carboxylic acids is 1. The molecule has 1 aromatic rings. The zero-order valence-electron chi connectivity index (χ0n) is 14.3. The second kappa shape index (κ2) is 9.07. The van der Waals surface area contributed by atoms with Crippen LogP contribution in [0.25, 0.3) is 0 Å². The molecule has 0 bridgehead atoms. The Bertz CT molecular complexity index is 773. The van der Waals surface area contributed by atoms with E-state index in [4.69, 9.17) is 32.7 Å². The zero-order valence-corrected chi connectivity index (χ0v) is 15.9. The first-order chi connectivity index (χ1) is 12.4. The molecule has 6 nitrogen and oxygen atoms in total. The highest BCUT2D eigenvalue weighted by molar-refractivity contribution is 6.31. The fourth-order valence-corrected chi connectivity index (χ4v) is 3.25. The SMILES string of the molecule is COC(=O)C1=C(COCCCl)NC(C)=C(C(=O)O)C1c1ccccc1Cl. The molecular weight excluding hydrogens is 381 g/mol. The monoisotopic (exact) mass is 399 g/mol. The van der Waals surface area contributed by atoms with Gasteiger partial charge in [-0.3, -0.25) is 0 Å². The van der Waals surface area contributed by atoms with E-state index >= 15 is 0 Å². The van der Waals surface area contributed by atoms with Crippen LogP contribution in [0.3, 0.4) is 0 Å². The number of nitrogens with one attached hydrogen (secondary N) is 1. The number of hydrogen-bond donors (Lipinski definition) is 2. The molecule has 1 atom stereocenters. The second-order valence-electron chi connectivity index (χ2n) is 5.55. The fourth-order valence-electron chi connectivity index (χ4n) is 2.89. The minimum atomic E-state index is -1.15. The Hall–Kier alpha value is -2.02. The Labute approximate surface area is 161 Å². The van der Waals surface area contributed by atoms with Crippen molar-refractivity contribution < 1.29 is 24.2 Å². The molecule has 0 aliphatic carbocycles. The Balaban J connectivity index is 2.66.